The molecule has 0 fully saturated rings. The highest BCUT2D eigenvalue weighted by Gasteiger charge is 2.73. The zero-order chi connectivity index (χ0) is 24.3. The van der Waals surface area contributed by atoms with Crippen molar-refractivity contribution in [3.8, 4) is 11.5 Å². The molecule has 0 amide bonds. The highest BCUT2D eigenvalue weighted by Crippen LogP contribution is 2.51. The van der Waals surface area contributed by atoms with Gasteiger partial charge in [-0.05, 0) is 47.9 Å². The molecule has 0 aliphatic carbocycles. The van der Waals surface area contributed by atoms with Gasteiger partial charge in [0.25, 0.3) is 0 Å². The van der Waals surface area contributed by atoms with Gasteiger partial charge in [-0.2, -0.15) is 30.7 Å². The minimum Gasteiger partial charge on any atom is -0.457 e. The SMILES string of the molecule is CCc1cccc(Oc2cccc(NCc3cccc(C(F)(F)C(F)(F)C(F)(F)F)c3)c2)c1. The molecule has 0 heterocycles. The predicted octanol–water partition coefficient (Wildman–Crippen LogP) is 7.94. The maximum absolute atomic E-state index is 14.0. The zero-order valence-corrected chi connectivity index (χ0v) is 17.4. The lowest BCUT2D eigenvalue weighted by Gasteiger charge is -2.28. The lowest BCUT2D eigenvalue weighted by molar-refractivity contribution is -0.359. The van der Waals surface area contributed by atoms with Gasteiger partial charge in [0.05, 0.1) is 0 Å². The van der Waals surface area contributed by atoms with Crippen molar-refractivity contribution in [2.24, 2.45) is 0 Å². The Bertz CT molecular complexity index is 1100. The van der Waals surface area contributed by atoms with E-state index in [0.29, 0.717) is 29.3 Å². The summed E-state index contributed by atoms with van der Waals surface area (Å²) in [6.45, 7) is 1.93. The highest BCUT2D eigenvalue weighted by atomic mass is 19.4. The molecule has 3 aromatic rings. The maximum Gasteiger partial charge on any atom is 0.460 e. The maximum atomic E-state index is 14.0. The molecule has 0 aliphatic heterocycles. The third-order valence-corrected chi connectivity index (χ3v) is 4.91. The molecule has 0 spiro atoms. The van der Waals surface area contributed by atoms with Crippen molar-refractivity contribution in [3.05, 3.63) is 89.5 Å². The molecule has 0 saturated heterocycles. The minimum atomic E-state index is -6.39. The van der Waals surface area contributed by atoms with Crippen LogP contribution in [0.15, 0.2) is 72.8 Å². The van der Waals surface area contributed by atoms with Crippen LogP contribution >= 0.6 is 0 Å². The fourth-order valence-electron chi connectivity index (χ4n) is 3.07. The predicted molar refractivity (Wildman–Crippen MR) is 111 cm³/mol. The second-order valence-corrected chi connectivity index (χ2v) is 7.33. The Labute approximate surface area is 186 Å². The van der Waals surface area contributed by atoms with E-state index in [9.17, 15) is 30.7 Å². The fourth-order valence-corrected chi connectivity index (χ4v) is 3.07. The quantitative estimate of drug-likeness (QED) is 0.337. The summed E-state index contributed by atoms with van der Waals surface area (Å²) in [7, 11) is 0. The second kappa shape index (κ2) is 9.33. The van der Waals surface area contributed by atoms with Crippen molar-refractivity contribution in [1.82, 2.24) is 0 Å². The Hall–Kier alpha value is -3.23. The number of halogens is 7. The number of anilines is 1. The first-order valence-corrected chi connectivity index (χ1v) is 9.96. The van der Waals surface area contributed by atoms with Gasteiger partial charge in [0.2, 0.25) is 0 Å². The number of nitrogens with one attached hydrogen (secondary N) is 1. The van der Waals surface area contributed by atoms with Crippen LogP contribution in [0.3, 0.4) is 0 Å². The Morgan fingerprint density at radius 2 is 1.33 bits per heavy atom. The van der Waals surface area contributed by atoms with Gasteiger partial charge in [0.15, 0.2) is 0 Å². The summed E-state index contributed by atoms with van der Waals surface area (Å²) in [6, 6.07) is 17.8. The Morgan fingerprint density at radius 1 is 0.727 bits per heavy atom. The molecule has 1 N–H and O–H groups in total. The number of benzene rings is 3. The summed E-state index contributed by atoms with van der Waals surface area (Å²) in [5, 5.41) is 2.92. The van der Waals surface area contributed by atoms with Crippen molar-refractivity contribution >= 4 is 5.69 Å². The highest BCUT2D eigenvalue weighted by molar-refractivity contribution is 5.50. The minimum absolute atomic E-state index is 0.0870. The smallest absolute Gasteiger partial charge is 0.457 e. The van der Waals surface area contributed by atoms with E-state index >= 15 is 0 Å². The molecule has 3 rings (SSSR count). The summed E-state index contributed by atoms with van der Waals surface area (Å²) in [5.74, 6) is -10.5. The van der Waals surface area contributed by atoms with E-state index in [1.54, 1.807) is 30.3 Å². The van der Waals surface area contributed by atoms with E-state index in [1.807, 2.05) is 25.1 Å². The molecule has 0 saturated carbocycles. The molecule has 0 aromatic heterocycles. The standard InChI is InChI=1S/C24H20F7NO/c1-2-16-6-4-10-20(13-16)33-21-11-5-9-19(14-21)32-15-17-7-3-8-18(12-17)22(25,26)23(27,28)24(29,30)31/h3-14,32H,2,15H2,1H3. The van der Waals surface area contributed by atoms with E-state index < -0.39 is 23.6 Å². The lowest BCUT2D eigenvalue weighted by Crippen LogP contribution is -2.50. The molecule has 3 aromatic carbocycles. The van der Waals surface area contributed by atoms with Crippen LogP contribution < -0.4 is 10.1 Å². The monoisotopic (exact) mass is 471 g/mol. The number of alkyl halides is 7. The average molecular weight is 471 g/mol. The van der Waals surface area contributed by atoms with E-state index in [2.05, 4.69) is 5.32 Å². The summed E-state index contributed by atoms with van der Waals surface area (Å²) in [5.41, 5.74) is 0.315. The van der Waals surface area contributed by atoms with Crippen LogP contribution in [0.2, 0.25) is 0 Å². The van der Waals surface area contributed by atoms with Crippen LogP contribution in [0.1, 0.15) is 23.6 Å². The summed E-state index contributed by atoms with van der Waals surface area (Å²) in [4.78, 5) is 0. The first-order chi connectivity index (χ1) is 15.4. The summed E-state index contributed by atoms with van der Waals surface area (Å²) >= 11 is 0. The molecule has 9 heteroatoms. The van der Waals surface area contributed by atoms with Crippen LogP contribution in [0.5, 0.6) is 11.5 Å². The molecule has 0 atom stereocenters. The molecule has 2 nitrogen and oxygen atoms in total. The molecular formula is C24H20F7NO. The largest absolute Gasteiger partial charge is 0.460 e. The first-order valence-electron chi connectivity index (χ1n) is 9.96. The van der Waals surface area contributed by atoms with Crippen LogP contribution in [0.25, 0.3) is 0 Å². The van der Waals surface area contributed by atoms with Gasteiger partial charge < -0.3 is 10.1 Å². The first kappa shape index (κ1) is 24.4. The molecule has 0 bridgehead atoms. The third kappa shape index (κ3) is 5.40. The molecule has 176 valence electrons. The van der Waals surface area contributed by atoms with Crippen molar-refractivity contribution in [2.45, 2.75) is 37.9 Å². The number of aryl methyl sites for hydroxylation is 1. The molecule has 33 heavy (non-hydrogen) atoms. The Morgan fingerprint density at radius 3 is 2.00 bits per heavy atom. The van der Waals surface area contributed by atoms with Crippen LogP contribution in [0, 0.1) is 0 Å². The normalized spacial score (nSPS) is 12.5. The van der Waals surface area contributed by atoms with Crippen LogP contribution in [-0.4, -0.2) is 12.1 Å². The third-order valence-electron chi connectivity index (χ3n) is 4.91. The van der Waals surface area contributed by atoms with Gasteiger partial charge in [-0.25, -0.2) is 0 Å². The van der Waals surface area contributed by atoms with E-state index in [4.69, 9.17) is 4.74 Å². The number of hydrogen-bond donors (Lipinski definition) is 1. The van der Waals surface area contributed by atoms with Gasteiger partial charge >= 0.3 is 18.0 Å². The summed E-state index contributed by atoms with van der Waals surface area (Å²) in [6.07, 6.45) is -5.55. The Balaban J connectivity index is 1.73. The van der Waals surface area contributed by atoms with Crippen molar-refractivity contribution in [3.63, 3.8) is 0 Å². The van der Waals surface area contributed by atoms with E-state index in [-0.39, 0.29) is 12.1 Å². The van der Waals surface area contributed by atoms with Gasteiger partial charge in [-0.15, -0.1) is 0 Å². The fraction of sp³-hybridized carbons (Fsp3) is 0.250. The number of rotatable bonds is 8. The molecule has 0 radical (unpaired) electrons. The Kier molecular flexibility index (Phi) is 6.90. The van der Waals surface area contributed by atoms with Crippen molar-refractivity contribution in [1.29, 1.82) is 0 Å². The van der Waals surface area contributed by atoms with Gasteiger partial charge in [-0.1, -0.05) is 43.3 Å². The number of hydrogen-bond acceptors (Lipinski definition) is 2. The van der Waals surface area contributed by atoms with Crippen molar-refractivity contribution < 1.29 is 35.5 Å². The van der Waals surface area contributed by atoms with Crippen molar-refractivity contribution in [2.75, 3.05) is 5.32 Å². The van der Waals surface area contributed by atoms with E-state index in [1.165, 1.54) is 6.07 Å². The molecular weight excluding hydrogens is 451 g/mol. The van der Waals surface area contributed by atoms with Gasteiger partial charge in [0, 0.05) is 23.9 Å². The molecule has 0 unspecified atom stereocenters. The zero-order valence-electron chi connectivity index (χ0n) is 17.4. The average Bonchev–Trinajstić information content (AvgIpc) is 2.77. The second-order valence-electron chi connectivity index (χ2n) is 7.33. The molecule has 0 aliphatic rings. The van der Waals surface area contributed by atoms with E-state index in [0.717, 1.165) is 18.1 Å². The lowest BCUT2D eigenvalue weighted by atomic mass is 9.99. The number of ether oxygens (including phenoxy) is 1. The van der Waals surface area contributed by atoms with Gasteiger partial charge in [0.1, 0.15) is 11.5 Å². The summed E-state index contributed by atoms with van der Waals surface area (Å²) < 4.78 is 97.9. The van der Waals surface area contributed by atoms with Crippen LogP contribution in [-0.2, 0) is 18.9 Å². The van der Waals surface area contributed by atoms with Crippen LogP contribution in [0.4, 0.5) is 36.4 Å². The topological polar surface area (TPSA) is 21.3 Å². The van der Waals surface area contributed by atoms with Gasteiger partial charge in [-0.3, -0.25) is 0 Å².